The molecule has 0 saturated carbocycles. The van der Waals surface area contributed by atoms with E-state index >= 15 is 0 Å². The number of hydrogen-bond donors (Lipinski definition) is 1. The van der Waals surface area contributed by atoms with Crippen LogP contribution in [-0.4, -0.2) is 30.9 Å². The van der Waals surface area contributed by atoms with Crippen molar-refractivity contribution in [1.29, 1.82) is 0 Å². The second-order valence-electron chi connectivity index (χ2n) is 3.89. The van der Waals surface area contributed by atoms with Crippen molar-refractivity contribution in [2.45, 2.75) is 52.1 Å². The second kappa shape index (κ2) is 5.32. The molecule has 0 radical (unpaired) electrons. The third-order valence-corrected chi connectivity index (χ3v) is 2.07. The molecule has 1 aliphatic heterocycles. The first kappa shape index (κ1) is 11.5. The van der Waals surface area contributed by atoms with Crippen LogP contribution in [0.4, 0.5) is 0 Å². The summed E-state index contributed by atoms with van der Waals surface area (Å²) in [5.74, 6) is -0.0122. The Labute approximate surface area is 85.0 Å². The molecule has 2 atom stereocenters. The molecule has 0 aromatic rings. The van der Waals surface area contributed by atoms with Crippen LogP contribution in [0.25, 0.3) is 0 Å². The van der Waals surface area contributed by atoms with Crippen LogP contribution in [0.1, 0.15) is 33.6 Å². The van der Waals surface area contributed by atoms with Crippen molar-refractivity contribution < 1.29 is 14.3 Å². The highest BCUT2D eigenvalue weighted by Crippen LogP contribution is 2.21. The number of ether oxygens (including phenoxy) is 2. The molecule has 0 aromatic heterocycles. The van der Waals surface area contributed by atoms with Gasteiger partial charge in [-0.25, -0.2) is 0 Å². The minimum Gasteiger partial charge on any atom is -0.354 e. The van der Waals surface area contributed by atoms with Crippen LogP contribution in [0.3, 0.4) is 0 Å². The molecule has 4 nitrogen and oxygen atoms in total. The van der Waals surface area contributed by atoms with Gasteiger partial charge in [-0.05, 0) is 20.3 Å². The average molecular weight is 201 g/mol. The van der Waals surface area contributed by atoms with Gasteiger partial charge in [-0.1, -0.05) is 0 Å². The van der Waals surface area contributed by atoms with Crippen LogP contribution < -0.4 is 5.32 Å². The molecular formula is C10H19NO3. The lowest BCUT2D eigenvalue weighted by Gasteiger charge is -2.16. The van der Waals surface area contributed by atoms with Gasteiger partial charge in [0.2, 0.25) is 5.91 Å². The Bertz CT molecular complexity index is 194. The minimum atomic E-state index is -0.0891. The summed E-state index contributed by atoms with van der Waals surface area (Å²) in [6.45, 7) is 6.08. The largest absolute Gasteiger partial charge is 0.354 e. The number of carbonyl (C=O) groups is 1. The first-order valence-electron chi connectivity index (χ1n) is 5.13. The molecule has 1 N–H and O–H groups in total. The number of rotatable bonds is 4. The van der Waals surface area contributed by atoms with Gasteiger partial charge in [-0.3, -0.25) is 4.79 Å². The van der Waals surface area contributed by atoms with E-state index in [1.165, 1.54) is 6.92 Å². The third-order valence-electron chi connectivity index (χ3n) is 2.07. The maximum atomic E-state index is 10.7. The zero-order valence-corrected chi connectivity index (χ0v) is 9.08. The van der Waals surface area contributed by atoms with Crippen LogP contribution in [0.5, 0.6) is 0 Å². The predicted molar refractivity (Wildman–Crippen MR) is 52.8 cm³/mol. The molecule has 0 spiro atoms. The number of carbonyl (C=O) groups excluding carboxylic acids is 1. The number of amides is 1. The Morgan fingerprint density at radius 2 is 2.29 bits per heavy atom. The van der Waals surface area contributed by atoms with Gasteiger partial charge in [0.25, 0.3) is 0 Å². The lowest BCUT2D eigenvalue weighted by molar-refractivity contribution is -0.153. The molecule has 1 amide bonds. The van der Waals surface area contributed by atoms with E-state index in [2.05, 4.69) is 5.32 Å². The molecule has 0 unspecified atom stereocenters. The smallest absolute Gasteiger partial charge is 0.216 e. The summed E-state index contributed by atoms with van der Waals surface area (Å²) in [6.07, 6.45) is 2.09. The monoisotopic (exact) mass is 201 g/mol. The standard InChI is InChI=1S/C10H19NO3/c1-7(2)13-10-5-4-9(14-10)6-11-8(3)12/h7,9-10H,4-6H2,1-3H3,(H,11,12)/t9-,10+/m0/s1. The fourth-order valence-electron chi connectivity index (χ4n) is 1.48. The molecule has 14 heavy (non-hydrogen) atoms. The predicted octanol–water partition coefficient (Wildman–Crippen LogP) is 1.05. The van der Waals surface area contributed by atoms with Crippen LogP contribution >= 0.6 is 0 Å². The van der Waals surface area contributed by atoms with Crippen LogP contribution in [0.15, 0.2) is 0 Å². The molecule has 1 saturated heterocycles. The quantitative estimate of drug-likeness (QED) is 0.739. The van der Waals surface area contributed by atoms with E-state index in [1.807, 2.05) is 13.8 Å². The molecule has 1 rings (SSSR count). The fraction of sp³-hybridized carbons (Fsp3) is 0.900. The lowest BCUT2D eigenvalue weighted by atomic mass is 10.2. The summed E-state index contributed by atoms with van der Waals surface area (Å²) in [5.41, 5.74) is 0. The van der Waals surface area contributed by atoms with E-state index in [1.54, 1.807) is 0 Å². The Morgan fingerprint density at radius 3 is 2.86 bits per heavy atom. The van der Waals surface area contributed by atoms with Gasteiger partial charge < -0.3 is 14.8 Å². The van der Waals surface area contributed by atoms with Crippen LogP contribution in [0, 0.1) is 0 Å². The van der Waals surface area contributed by atoms with E-state index < -0.39 is 0 Å². The van der Waals surface area contributed by atoms with E-state index in [0.29, 0.717) is 6.54 Å². The lowest BCUT2D eigenvalue weighted by Crippen LogP contribution is -2.31. The topological polar surface area (TPSA) is 47.6 Å². The Balaban J connectivity index is 2.17. The zero-order chi connectivity index (χ0) is 10.6. The highest BCUT2D eigenvalue weighted by atomic mass is 16.7. The van der Waals surface area contributed by atoms with Crippen molar-refractivity contribution in [3.63, 3.8) is 0 Å². The summed E-state index contributed by atoms with van der Waals surface area (Å²) < 4.78 is 11.1. The molecule has 0 aromatic carbocycles. The first-order chi connectivity index (χ1) is 6.58. The van der Waals surface area contributed by atoms with Gasteiger partial charge in [-0.15, -0.1) is 0 Å². The summed E-state index contributed by atoms with van der Waals surface area (Å²) in [7, 11) is 0. The van der Waals surface area contributed by atoms with Gasteiger partial charge in [0, 0.05) is 19.9 Å². The van der Waals surface area contributed by atoms with E-state index in [9.17, 15) is 4.79 Å². The van der Waals surface area contributed by atoms with E-state index in [4.69, 9.17) is 9.47 Å². The molecular weight excluding hydrogens is 182 g/mol. The minimum absolute atomic E-state index is 0.0122. The molecule has 4 heteroatoms. The molecule has 82 valence electrons. The molecule has 1 heterocycles. The summed E-state index contributed by atoms with van der Waals surface area (Å²) in [6, 6.07) is 0. The summed E-state index contributed by atoms with van der Waals surface area (Å²) >= 11 is 0. The van der Waals surface area contributed by atoms with Crippen molar-refractivity contribution in [3.05, 3.63) is 0 Å². The second-order valence-corrected chi connectivity index (χ2v) is 3.89. The maximum absolute atomic E-state index is 10.7. The maximum Gasteiger partial charge on any atom is 0.216 e. The zero-order valence-electron chi connectivity index (χ0n) is 9.08. The van der Waals surface area contributed by atoms with Crippen molar-refractivity contribution in [2.24, 2.45) is 0 Å². The third kappa shape index (κ3) is 4.07. The molecule has 0 bridgehead atoms. The Kier molecular flexibility index (Phi) is 4.35. The molecule has 1 fully saturated rings. The number of nitrogens with one attached hydrogen (secondary N) is 1. The Hall–Kier alpha value is -0.610. The van der Waals surface area contributed by atoms with Gasteiger partial charge in [-0.2, -0.15) is 0 Å². The molecule has 1 aliphatic rings. The van der Waals surface area contributed by atoms with Crippen molar-refractivity contribution in [1.82, 2.24) is 5.32 Å². The number of hydrogen-bond acceptors (Lipinski definition) is 3. The van der Waals surface area contributed by atoms with E-state index in [0.717, 1.165) is 12.8 Å². The van der Waals surface area contributed by atoms with Gasteiger partial charge in [0.1, 0.15) is 0 Å². The van der Waals surface area contributed by atoms with Crippen molar-refractivity contribution >= 4 is 5.91 Å². The highest BCUT2D eigenvalue weighted by molar-refractivity contribution is 5.72. The summed E-state index contributed by atoms with van der Waals surface area (Å²) in [4.78, 5) is 10.7. The van der Waals surface area contributed by atoms with Gasteiger partial charge in [0.05, 0.1) is 12.2 Å². The van der Waals surface area contributed by atoms with Crippen molar-refractivity contribution in [2.75, 3.05) is 6.54 Å². The normalized spacial score (nSPS) is 26.9. The molecule has 0 aliphatic carbocycles. The van der Waals surface area contributed by atoms with E-state index in [-0.39, 0.29) is 24.4 Å². The average Bonchev–Trinajstić information content (AvgIpc) is 2.47. The van der Waals surface area contributed by atoms with Gasteiger partial charge >= 0.3 is 0 Å². The Morgan fingerprint density at radius 1 is 1.57 bits per heavy atom. The fourth-order valence-corrected chi connectivity index (χ4v) is 1.48. The van der Waals surface area contributed by atoms with Crippen LogP contribution in [0.2, 0.25) is 0 Å². The SMILES string of the molecule is CC(=O)NC[C@@H]1CC[C@H](OC(C)C)O1. The first-order valence-corrected chi connectivity index (χ1v) is 5.13. The highest BCUT2D eigenvalue weighted by Gasteiger charge is 2.26. The van der Waals surface area contributed by atoms with Crippen molar-refractivity contribution in [3.8, 4) is 0 Å². The van der Waals surface area contributed by atoms with Crippen LogP contribution in [-0.2, 0) is 14.3 Å². The van der Waals surface area contributed by atoms with Gasteiger partial charge in [0.15, 0.2) is 6.29 Å². The summed E-state index contributed by atoms with van der Waals surface area (Å²) in [5, 5.41) is 2.74.